The van der Waals surface area contributed by atoms with Gasteiger partial charge in [-0.2, -0.15) is 0 Å². The number of hydrogen-bond donors (Lipinski definition) is 1. The number of amides is 1. The maximum atomic E-state index is 13.3. The lowest BCUT2D eigenvalue weighted by molar-refractivity contribution is -0.152. The summed E-state index contributed by atoms with van der Waals surface area (Å²) in [6, 6.07) is 15.5. The van der Waals surface area contributed by atoms with Crippen molar-refractivity contribution in [2.75, 3.05) is 0 Å². The van der Waals surface area contributed by atoms with Crippen LogP contribution >= 0.6 is 0 Å². The van der Waals surface area contributed by atoms with Crippen molar-refractivity contribution in [1.82, 2.24) is 4.90 Å². The topological polar surface area (TPSA) is 79.2 Å². The van der Waals surface area contributed by atoms with Crippen molar-refractivity contribution in [1.29, 1.82) is 0 Å². The van der Waals surface area contributed by atoms with E-state index in [-0.39, 0.29) is 5.91 Å². The number of aliphatic carboxylic acids is 1. The van der Waals surface area contributed by atoms with Crippen molar-refractivity contribution in [3.8, 4) is 16.9 Å². The predicted octanol–water partition coefficient (Wildman–Crippen LogP) is 6.09. The second-order valence-corrected chi connectivity index (χ2v) is 9.40. The normalized spacial score (nSPS) is 15.4. The van der Waals surface area contributed by atoms with Gasteiger partial charge in [0.05, 0.1) is 6.54 Å². The van der Waals surface area contributed by atoms with Crippen LogP contribution in [-0.4, -0.2) is 38.9 Å². The molecule has 1 heterocycles. The number of amidine groups is 1. The minimum absolute atomic E-state index is 0.110. The Labute approximate surface area is 202 Å². The van der Waals surface area contributed by atoms with E-state index in [1.807, 2.05) is 61.2 Å². The second kappa shape index (κ2) is 10.4. The molecule has 1 amide bonds. The minimum Gasteiger partial charge on any atom is -0.478 e. The zero-order valence-electron chi connectivity index (χ0n) is 20.9. The Bertz CT molecular complexity index is 1050. The number of carboxylic acid groups (broad SMARTS) is 1. The van der Waals surface area contributed by atoms with Crippen LogP contribution in [0.2, 0.25) is 0 Å². The highest BCUT2D eigenvalue weighted by molar-refractivity contribution is 6.08. The van der Waals surface area contributed by atoms with Crippen LogP contribution in [-0.2, 0) is 16.1 Å². The average Bonchev–Trinajstić information content (AvgIpc) is 3.09. The summed E-state index contributed by atoms with van der Waals surface area (Å²) in [5.74, 6) is 0.503. The number of carbonyl (C=O) groups is 2. The Morgan fingerprint density at radius 2 is 1.74 bits per heavy atom. The van der Waals surface area contributed by atoms with Gasteiger partial charge in [-0.1, -0.05) is 63.6 Å². The lowest BCUT2D eigenvalue weighted by Gasteiger charge is -2.24. The van der Waals surface area contributed by atoms with Gasteiger partial charge in [0.1, 0.15) is 17.1 Å². The standard InChI is InChI=1S/C28H36N2O4/c1-6-9-13-24-29-28(7-2,8-3)25(31)30(24)19-20-14-16-21(17-15-20)22-11-10-12-23(18-22)34-27(4,5)26(32)33/h10-12,14-18H,6-9,13,19H2,1-5H3,(H,32,33). The highest BCUT2D eigenvalue weighted by Crippen LogP contribution is 2.33. The molecule has 2 aromatic rings. The molecule has 1 aliphatic heterocycles. The molecule has 0 atom stereocenters. The summed E-state index contributed by atoms with van der Waals surface area (Å²) >= 11 is 0. The molecule has 2 aromatic carbocycles. The van der Waals surface area contributed by atoms with Crippen LogP contribution in [0.25, 0.3) is 11.1 Å². The molecule has 1 N–H and O–H groups in total. The third-order valence-electron chi connectivity index (χ3n) is 6.57. The first-order chi connectivity index (χ1) is 16.2. The fraction of sp³-hybridized carbons (Fsp3) is 0.464. The number of carbonyl (C=O) groups excluding carboxylic acids is 1. The molecule has 34 heavy (non-hydrogen) atoms. The monoisotopic (exact) mass is 464 g/mol. The number of hydrogen-bond acceptors (Lipinski definition) is 4. The van der Waals surface area contributed by atoms with Crippen molar-refractivity contribution in [2.24, 2.45) is 4.99 Å². The molecule has 0 radical (unpaired) electrons. The molecule has 0 unspecified atom stereocenters. The van der Waals surface area contributed by atoms with E-state index in [1.165, 1.54) is 13.8 Å². The molecule has 1 aliphatic rings. The van der Waals surface area contributed by atoms with Crippen molar-refractivity contribution in [3.63, 3.8) is 0 Å². The molecule has 0 aliphatic carbocycles. The maximum absolute atomic E-state index is 13.3. The predicted molar refractivity (Wildman–Crippen MR) is 135 cm³/mol. The number of benzene rings is 2. The van der Waals surface area contributed by atoms with Gasteiger partial charge in [0.15, 0.2) is 5.60 Å². The molecule has 0 bridgehead atoms. The van der Waals surface area contributed by atoms with Gasteiger partial charge in [-0.25, -0.2) is 4.79 Å². The largest absolute Gasteiger partial charge is 0.478 e. The van der Waals surface area contributed by atoms with E-state index in [0.717, 1.165) is 41.8 Å². The van der Waals surface area contributed by atoms with Crippen molar-refractivity contribution < 1.29 is 19.4 Å². The first kappa shape index (κ1) is 25.5. The van der Waals surface area contributed by atoms with E-state index in [9.17, 15) is 14.7 Å². The van der Waals surface area contributed by atoms with Crippen molar-refractivity contribution in [2.45, 2.75) is 84.4 Å². The summed E-state index contributed by atoms with van der Waals surface area (Å²) in [5.41, 5.74) is 1.04. The molecule has 0 aromatic heterocycles. The summed E-state index contributed by atoms with van der Waals surface area (Å²) < 4.78 is 5.68. The number of ether oxygens (including phenoxy) is 1. The van der Waals surface area contributed by atoms with Crippen LogP contribution in [0.1, 0.15) is 72.3 Å². The third kappa shape index (κ3) is 5.32. The van der Waals surface area contributed by atoms with E-state index in [4.69, 9.17) is 9.73 Å². The summed E-state index contributed by atoms with van der Waals surface area (Å²) in [4.78, 5) is 31.5. The van der Waals surface area contributed by atoms with Crippen LogP contribution in [0.4, 0.5) is 0 Å². The summed E-state index contributed by atoms with van der Waals surface area (Å²) in [5, 5.41) is 9.32. The van der Waals surface area contributed by atoms with Crippen LogP contribution < -0.4 is 4.74 Å². The fourth-order valence-electron chi connectivity index (χ4n) is 4.19. The number of aliphatic imine (C=N–C) groups is 1. The molecule has 0 spiro atoms. The molecule has 6 nitrogen and oxygen atoms in total. The van der Waals surface area contributed by atoms with Gasteiger partial charge in [0.25, 0.3) is 5.91 Å². The third-order valence-corrected chi connectivity index (χ3v) is 6.57. The van der Waals surface area contributed by atoms with E-state index in [1.54, 1.807) is 6.07 Å². The molecular formula is C28H36N2O4. The van der Waals surface area contributed by atoms with Gasteiger partial charge in [0.2, 0.25) is 0 Å². The van der Waals surface area contributed by atoms with Crippen LogP contribution in [0.3, 0.4) is 0 Å². The van der Waals surface area contributed by atoms with Gasteiger partial charge in [-0.3, -0.25) is 14.7 Å². The number of rotatable bonds is 11. The summed E-state index contributed by atoms with van der Waals surface area (Å²) in [6.45, 7) is 9.79. The zero-order chi connectivity index (χ0) is 24.9. The second-order valence-electron chi connectivity index (χ2n) is 9.40. The Morgan fingerprint density at radius 3 is 2.32 bits per heavy atom. The van der Waals surface area contributed by atoms with E-state index in [2.05, 4.69) is 6.92 Å². The Balaban J connectivity index is 1.78. The van der Waals surface area contributed by atoms with Gasteiger partial charge in [-0.15, -0.1) is 0 Å². The van der Waals surface area contributed by atoms with Crippen LogP contribution in [0, 0.1) is 0 Å². The fourth-order valence-corrected chi connectivity index (χ4v) is 4.19. The Morgan fingerprint density at radius 1 is 1.06 bits per heavy atom. The lowest BCUT2D eigenvalue weighted by atomic mass is 9.93. The molecule has 3 rings (SSSR count). The SMILES string of the molecule is CCCCC1=NC(CC)(CC)C(=O)N1Cc1ccc(-c2cccc(OC(C)(C)C(=O)O)c2)cc1. The molecular weight excluding hydrogens is 428 g/mol. The maximum Gasteiger partial charge on any atom is 0.347 e. The van der Waals surface area contributed by atoms with Gasteiger partial charge >= 0.3 is 5.97 Å². The first-order valence-electron chi connectivity index (χ1n) is 12.2. The smallest absolute Gasteiger partial charge is 0.347 e. The number of nitrogens with zero attached hydrogens (tertiary/aromatic N) is 2. The van der Waals surface area contributed by atoms with Crippen molar-refractivity contribution in [3.05, 3.63) is 54.1 Å². The highest BCUT2D eigenvalue weighted by atomic mass is 16.5. The Kier molecular flexibility index (Phi) is 7.80. The van der Waals surface area contributed by atoms with Crippen molar-refractivity contribution >= 4 is 17.7 Å². The number of carboxylic acids is 1. The number of unbranched alkanes of at least 4 members (excludes halogenated alkanes) is 1. The zero-order valence-corrected chi connectivity index (χ0v) is 20.9. The lowest BCUT2D eigenvalue weighted by Crippen LogP contribution is -2.41. The molecule has 0 saturated carbocycles. The van der Waals surface area contributed by atoms with Gasteiger partial charge in [-0.05, 0) is 61.9 Å². The van der Waals surface area contributed by atoms with Gasteiger partial charge < -0.3 is 9.84 Å². The average molecular weight is 465 g/mol. The van der Waals surface area contributed by atoms with Gasteiger partial charge in [0, 0.05) is 6.42 Å². The Hall–Kier alpha value is -3.15. The van der Waals surface area contributed by atoms with Crippen LogP contribution in [0.5, 0.6) is 5.75 Å². The summed E-state index contributed by atoms with van der Waals surface area (Å²) in [7, 11) is 0. The molecule has 0 saturated heterocycles. The summed E-state index contributed by atoms with van der Waals surface area (Å²) in [6.07, 6.45) is 4.33. The molecule has 0 fully saturated rings. The minimum atomic E-state index is -1.31. The van der Waals surface area contributed by atoms with E-state index < -0.39 is 17.1 Å². The van der Waals surface area contributed by atoms with E-state index >= 15 is 0 Å². The first-order valence-corrected chi connectivity index (χ1v) is 12.2. The van der Waals surface area contributed by atoms with Crippen LogP contribution in [0.15, 0.2) is 53.5 Å². The highest BCUT2D eigenvalue weighted by Gasteiger charge is 2.45. The molecule has 182 valence electrons. The quantitative estimate of drug-likeness (QED) is 0.437. The molecule has 6 heteroatoms. The van der Waals surface area contributed by atoms with E-state index in [0.29, 0.717) is 25.1 Å².